The summed E-state index contributed by atoms with van der Waals surface area (Å²) in [5.74, 6) is 1.73. The number of aliphatic imine (C=N–C) groups is 1. The highest BCUT2D eigenvalue weighted by molar-refractivity contribution is 14.0. The number of aryl methyl sites for hydroxylation is 1. The van der Waals surface area contributed by atoms with Crippen LogP contribution in [-0.4, -0.2) is 35.4 Å². The van der Waals surface area contributed by atoms with E-state index in [0.29, 0.717) is 0 Å². The maximum Gasteiger partial charge on any atom is 0.191 e. The molecule has 0 aliphatic carbocycles. The lowest BCUT2D eigenvalue weighted by Gasteiger charge is -2.11. The van der Waals surface area contributed by atoms with Gasteiger partial charge in [-0.05, 0) is 31.7 Å². The van der Waals surface area contributed by atoms with Crippen molar-refractivity contribution in [3.05, 3.63) is 18.5 Å². The lowest BCUT2D eigenvalue weighted by molar-refractivity contribution is 0.534. The molecule has 0 bridgehead atoms. The van der Waals surface area contributed by atoms with E-state index in [1.807, 2.05) is 23.1 Å². The van der Waals surface area contributed by atoms with Gasteiger partial charge in [0, 0.05) is 38.6 Å². The van der Waals surface area contributed by atoms with Gasteiger partial charge < -0.3 is 10.6 Å². The summed E-state index contributed by atoms with van der Waals surface area (Å²) in [7, 11) is 0. The predicted molar refractivity (Wildman–Crippen MR) is 105 cm³/mol. The third-order valence-corrected chi connectivity index (χ3v) is 3.22. The molecule has 2 N–H and O–H groups in total. The number of hydrogen-bond acceptors (Lipinski definition) is 2. The average molecular weight is 421 g/mol. The van der Waals surface area contributed by atoms with Crippen molar-refractivity contribution in [2.24, 2.45) is 10.9 Å². The van der Waals surface area contributed by atoms with Gasteiger partial charge in [0.2, 0.25) is 0 Å². The van der Waals surface area contributed by atoms with Crippen molar-refractivity contribution in [2.75, 3.05) is 19.6 Å². The van der Waals surface area contributed by atoms with Gasteiger partial charge in [-0.3, -0.25) is 9.67 Å². The van der Waals surface area contributed by atoms with Crippen LogP contribution in [0.2, 0.25) is 0 Å². The molecule has 1 aromatic heterocycles. The number of guanidine groups is 1. The van der Waals surface area contributed by atoms with Gasteiger partial charge in [-0.25, -0.2) is 0 Å². The first-order valence-electron chi connectivity index (χ1n) is 8.22. The van der Waals surface area contributed by atoms with E-state index in [9.17, 15) is 0 Å². The first-order valence-corrected chi connectivity index (χ1v) is 8.22. The molecule has 1 rings (SSSR count). The summed E-state index contributed by atoms with van der Waals surface area (Å²) < 4.78 is 1.95. The average Bonchev–Trinajstić information content (AvgIpc) is 2.96. The minimum Gasteiger partial charge on any atom is -0.357 e. The number of unbranched alkanes of at least 4 members (excludes halogenated alkanes) is 1. The van der Waals surface area contributed by atoms with E-state index < -0.39 is 0 Å². The monoisotopic (exact) mass is 421 g/mol. The van der Waals surface area contributed by atoms with E-state index in [0.717, 1.165) is 44.5 Å². The second-order valence-electron chi connectivity index (χ2n) is 5.70. The lowest BCUT2D eigenvalue weighted by atomic mass is 10.1. The van der Waals surface area contributed by atoms with Crippen LogP contribution in [0.15, 0.2) is 23.5 Å². The van der Waals surface area contributed by atoms with Crippen molar-refractivity contribution in [3.8, 4) is 0 Å². The second-order valence-corrected chi connectivity index (χ2v) is 5.70. The van der Waals surface area contributed by atoms with E-state index in [1.54, 1.807) is 0 Å². The fourth-order valence-electron chi connectivity index (χ4n) is 2.08. The molecule has 6 heteroatoms. The molecule has 0 saturated carbocycles. The van der Waals surface area contributed by atoms with Crippen LogP contribution in [-0.2, 0) is 6.54 Å². The molecule has 0 spiro atoms. The summed E-state index contributed by atoms with van der Waals surface area (Å²) in [6, 6.07) is 1.95. The molecule has 0 radical (unpaired) electrons. The van der Waals surface area contributed by atoms with Crippen molar-refractivity contribution in [3.63, 3.8) is 0 Å². The number of rotatable bonds is 10. The summed E-state index contributed by atoms with van der Waals surface area (Å²) in [4.78, 5) is 4.60. The quantitative estimate of drug-likeness (QED) is 0.264. The largest absolute Gasteiger partial charge is 0.357 e. The fraction of sp³-hybridized carbons (Fsp3) is 0.750. The first kappa shape index (κ1) is 21.2. The molecule has 0 atom stereocenters. The molecule has 0 aromatic carbocycles. The normalized spacial score (nSPS) is 11.4. The Labute approximate surface area is 152 Å². The summed E-state index contributed by atoms with van der Waals surface area (Å²) in [6.07, 6.45) is 8.60. The van der Waals surface area contributed by atoms with Crippen LogP contribution < -0.4 is 10.6 Å². The lowest BCUT2D eigenvalue weighted by Crippen LogP contribution is -2.37. The predicted octanol–water partition coefficient (Wildman–Crippen LogP) is 3.27. The molecule has 22 heavy (non-hydrogen) atoms. The molecular weight excluding hydrogens is 389 g/mol. The Bertz CT molecular complexity index is 376. The van der Waals surface area contributed by atoms with E-state index in [4.69, 9.17) is 0 Å². The maximum absolute atomic E-state index is 4.60. The van der Waals surface area contributed by atoms with Gasteiger partial charge in [0.1, 0.15) is 0 Å². The van der Waals surface area contributed by atoms with Crippen LogP contribution in [0.1, 0.15) is 46.5 Å². The van der Waals surface area contributed by atoms with Gasteiger partial charge in [-0.1, -0.05) is 26.7 Å². The van der Waals surface area contributed by atoms with Crippen molar-refractivity contribution >= 4 is 29.9 Å². The number of nitrogens with zero attached hydrogens (tertiary/aromatic N) is 3. The number of hydrogen-bond donors (Lipinski definition) is 2. The minimum absolute atomic E-state index is 0. The second kappa shape index (κ2) is 13.8. The smallest absolute Gasteiger partial charge is 0.191 e. The van der Waals surface area contributed by atoms with Crippen molar-refractivity contribution in [1.29, 1.82) is 0 Å². The Balaban J connectivity index is 0.00000441. The van der Waals surface area contributed by atoms with Crippen molar-refractivity contribution in [2.45, 2.75) is 53.0 Å². The van der Waals surface area contributed by atoms with E-state index in [2.05, 4.69) is 41.5 Å². The molecule has 0 aliphatic rings. The van der Waals surface area contributed by atoms with Crippen LogP contribution in [0.4, 0.5) is 0 Å². The Morgan fingerprint density at radius 2 is 2.05 bits per heavy atom. The van der Waals surface area contributed by atoms with E-state index in [1.165, 1.54) is 19.3 Å². The van der Waals surface area contributed by atoms with Crippen LogP contribution >= 0.6 is 24.0 Å². The molecule has 0 aliphatic heterocycles. The van der Waals surface area contributed by atoms with Gasteiger partial charge in [0.15, 0.2) is 5.96 Å². The zero-order chi connectivity index (χ0) is 15.3. The molecule has 0 fully saturated rings. The Morgan fingerprint density at radius 1 is 1.23 bits per heavy atom. The zero-order valence-corrected chi connectivity index (χ0v) is 16.5. The van der Waals surface area contributed by atoms with Crippen LogP contribution in [0.5, 0.6) is 0 Å². The van der Waals surface area contributed by atoms with E-state index >= 15 is 0 Å². The molecule has 0 amide bonds. The Morgan fingerprint density at radius 3 is 2.68 bits per heavy atom. The van der Waals surface area contributed by atoms with Gasteiger partial charge in [-0.2, -0.15) is 5.10 Å². The van der Waals surface area contributed by atoms with Crippen molar-refractivity contribution in [1.82, 2.24) is 20.4 Å². The number of aromatic nitrogens is 2. The third-order valence-electron chi connectivity index (χ3n) is 3.22. The molecule has 128 valence electrons. The Hall–Kier alpha value is -0.790. The third kappa shape index (κ3) is 10.9. The maximum atomic E-state index is 4.60. The topological polar surface area (TPSA) is 54.2 Å². The summed E-state index contributed by atoms with van der Waals surface area (Å²) >= 11 is 0. The van der Waals surface area contributed by atoms with Gasteiger partial charge in [0.05, 0.1) is 0 Å². The summed E-state index contributed by atoms with van der Waals surface area (Å²) in [6.45, 7) is 10.3. The van der Waals surface area contributed by atoms with Gasteiger partial charge in [-0.15, -0.1) is 24.0 Å². The van der Waals surface area contributed by atoms with E-state index in [-0.39, 0.29) is 24.0 Å². The van der Waals surface area contributed by atoms with Crippen molar-refractivity contribution < 1.29 is 0 Å². The highest BCUT2D eigenvalue weighted by atomic mass is 127. The molecular formula is C16H32IN5. The van der Waals surface area contributed by atoms with Gasteiger partial charge in [0.25, 0.3) is 0 Å². The Kier molecular flexibility index (Phi) is 13.3. The van der Waals surface area contributed by atoms with Crippen LogP contribution in [0.25, 0.3) is 0 Å². The fourth-order valence-corrected chi connectivity index (χ4v) is 2.08. The van der Waals surface area contributed by atoms with Crippen LogP contribution in [0, 0.1) is 5.92 Å². The summed E-state index contributed by atoms with van der Waals surface area (Å²) in [5, 5.41) is 10.9. The first-order chi connectivity index (χ1) is 10.2. The highest BCUT2D eigenvalue weighted by Crippen LogP contribution is 2.04. The molecule has 1 heterocycles. The standard InChI is InChI=1S/C16H31N5.HI/c1-4-17-16(18-10-6-5-9-15(2)3)19-11-7-13-21-14-8-12-20-21;/h8,12,14-15H,4-7,9-11,13H2,1-3H3,(H2,17,18,19);1H. The number of halogens is 1. The van der Waals surface area contributed by atoms with Gasteiger partial charge >= 0.3 is 0 Å². The summed E-state index contributed by atoms with van der Waals surface area (Å²) in [5.41, 5.74) is 0. The van der Waals surface area contributed by atoms with Crippen LogP contribution in [0.3, 0.4) is 0 Å². The SMILES string of the molecule is CCNC(=NCCCn1cccn1)NCCCCC(C)C.I. The zero-order valence-electron chi connectivity index (χ0n) is 14.2. The minimum atomic E-state index is 0. The molecule has 1 aromatic rings. The molecule has 0 saturated heterocycles. The molecule has 0 unspecified atom stereocenters. The number of nitrogens with one attached hydrogen (secondary N) is 2. The molecule has 5 nitrogen and oxygen atoms in total. The highest BCUT2D eigenvalue weighted by Gasteiger charge is 1.98.